The third kappa shape index (κ3) is 3.68. The van der Waals surface area contributed by atoms with Gasteiger partial charge in [-0.1, -0.05) is 0 Å². The second-order valence-electron chi connectivity index (χ2n) is 4.74. The van der Waals surface area contributed by atoms with E-state index in [2.05, 4.69) is 4.90 Å². The van der Waals surface area contributed by atoms with Crippen molar-refractivity contribution >= 4 is 5.69 Å². The van der Waals surface area contributed by atoms with Gasteiger partial charge in [-0.25, -0.2) is 4.39 Å². The topological polar surface area (TPSA) is 43.7 Å². The molecule has 0 aromatic heterocycles. The minimum Gasteiger partial charge on any atom is -0.396 e. The molecule has 3 nitrogen and oxygen atoms in total. The van der Waals surface area contributed by atoms with Crippen LogP contribution >= 0.6 is 0 Å². The summed E-state index contributed by atoms with van der Waals surface area (Å²) in [6, 6.07) is 4.68. The Labute approximate surface area is 108 Å². The standard InChI is InChI=1S/C14H22FNO2/c1-10(2)16(7-4-8-17)14-6-5-12(15)9-13(14)11(3)18/h5-6,9-11,17-18H,4,7-8H2,1-3H3/t11-/m0/s1. The summed E-state index contributed by atoms with van der Waals surface area (Å²) >= 11 is 0. The van der Waals surface area contributed by atoms with Crippen molar-refractivity contribution in [1.82, 2.24) is 0 Å². The fourth-order valence-corrected chi connectivity index (χ4v) is 2.02. The minimum atomic E-state index is -0.717. The van der Waals surface area contributed by atoms with Crippen LogP contribution in [0.15, 0.2) is 18.2 Å². The van der Waals surface area contributed by atoms with Gasteiger partial charge in [0.2, 0.25) is 0 Å². The molecular formula is C14H22FNO2. The summed E-state index contributed by atoms with van der Waals surface area (Å²) in [4.78, 5) is 2.07. The van der Waals surface area contributed by atoms with Gasteiger partial charge in [-0.05, 0) is 45.4 Å². The van der Waals surface area contributed by atoms with E-state index >= 15 is 0 Å². The predicted octanol–water partition coefficient (Wildman–Crippen LogP) is 2.48. The Kier molecular flexibility index (Phi) is 5.56. The van der Waals surface area contributed by atoms with Crippen molar-refractivity contribution in [3.63, 3.8) is 0 Å². The molecule has 4 heteroatoms. The lowest BCUT2D eigenvalue weighted by atomic mass is 10.1. The zero-order valence-corrected chi connectivity index (χ0v) is 11.2. The molecule has 0 fully saturated rings. The molecule has 1 aromatic carbocycles. The molecule has 1 atom stereocenters. The zero-order valence-electron chi connectivity index (χ0n) is 11.2. The van der Waals surface area contributed by atoms with Gasteiger partial charge in [-0.15, -0.1) is 0 Å². The molecule has 1 aromatic rings. The van der Waals surface area contributed by atoms with Crippen molar-refractivity contribution < 1.29 is 14.6 Å². The van der Waals surface area contributed by atoms with Crippen LogP contribution in [0.25, 0.3) is 0 Å². The SMILES string of the molecule is CC(C)N(CCCO)c1ccc(F)cc1[C@H](C)O. The van der Waals surface area contributed by atoms with Crippen molar-refractivity contribution in [1.29, 1.82) is 0 Å². The van der Waals surface area contributed by atoms with E-state index in [0.717, 1.165) is 5.69 Å². The highest BCUT2D eigenvalue weighted by molar-refractivity contribution is 5.55. The van der Waals surface area contributed by atoms with Gasteiger partial charge in [-0.3, -0.25) is 0 Å². The molecule has 18 heavy (non-hydrogen) atoms. The van der Waals surface area contributed by atoms with E-state index in [1.165, 1.54) is 12.1 Å². The third-order valence-corrected chi connectivity index (χ3v) is 2.93. The molecule has 0 spiro atoms. The number of hydrogen-bond acceptors (Lipinski definition) is 3. The molecule has 102 valence electrons. The summed E-state index contributed by atoms with van der Waals surface area (Å²) < 4.78 is 13.3. The van der Waals surface area contributed by atoms with Crippen LogP contribution in [0.3, 0.4) is 0 Å². The first-order valence-corrected chi connectivity index (χ1v) is 6.32. The van der Waals surface area contributed by atoms with Gasteiger partial charge in [0.15, 0.2) is 0 Å². The van der Waals surface area contributed by atoms with Crippen LogP contribution in [0.1, 0.15) is 38.9 Å². The van der Waals surface area contributed by atoms with Crippen molar-refractivity contribution in [3.05, 3.63) is 29.6 Å². The van der Waals surface area contributed by atoms with Crippen molar-refractivity contribution in [2.24, 2.45) is 0 Å². The van der Waals surface area contributed by atoms with Crippen LogP contribution in [0.5, 0.6) is 0 Å². The number of anilines is 1. The maximum atomic E-state index is 13.3. The van der Waals surface area contributed by atoms with Crippen LogP contribution in [0.4, 0.5) is 10.1 Å². The molecule has 0 aliphatic heterocycles. The van der Waals surface area contributed by atoms with Crippen LogP contribution in [0, 0.1) is 5.82 Å². The first-order chi connectivity index (χ1) is 8.47. The van der Waals surface area contributed by atoms with Crippen molar-refractivity contribution in [2.45, 2.75) is 39.3 Å². The van der Waals surface area contributed by atoms with Crippen LogP contribution < -0.4 is 4.90 Å². The van der Waals surface area contributed by atoms with Gasteiger partial charge >= 0.3 is 0 Å². The van der Waals surface area contributed by atoms with Crippen LogP contribution in [-0.2, 0) is 0 Å². The first-order valence-electron chi connectivity index (χ1n) is 6.32. The highest BCUT2D eigenvalue weighted by Crippen LogP contribution is 2.28. The largest absolute Gasteiger partial charge is 0.396 e. The molecule has 0 bridgehead atoms. The maximum absolute atomic E-state index is 13.3. The first kappa shape index (κ1) is 14.9. The summed E-state index contributed by atoms with van der Waals surface area (Å²) in [5, 5.41) is 18.7. The number of nitrogens with zero attached hydrogens (tertiary/aromatic N) is 1. The number of halogens is 1. The Bertz CT molecular complexity index is 380. The van der Waals surface area contributed by atoms with Gasteiger partial charge in [-0.2, -0.15) is 0 Å². The molecule has 0 aliphatic rings. The molecule has 2 N–H and O–H groups in total. The zero-order chi connectivity index (χ0) is 13.7. The van der Waals surface area contributed by atoms with E-state index in [-0.39, 0.29) is 18.5 Å². The smallest absolute Gasteiger partial charge is 0.123 e. The molecule has 0 unspecified atom stereocenters. The number of benzene rings is 1. The summed E-state index contributed by atoms with van der Waals surface area (Å²) in [6.45, 7) is 6.50. The summed E-state index contributed by atoms with van der Waals surface area (Å²) in [5.74, 6) is -0.347. The van der Waals surface area contributed by atoms with E-state index in [1.807, 2.05) is 13.8 Å². The minimum absolute atomic E-state index is 0.119. The Morgan fingerprint density at radius 2 is 1.94 bits per heavy atom. The van der Waals surface area contributed by atoms with Crippen LogP contribution in [0.2, 0.25) is 0 Å². The summed E-state index contributed by atoms with van der Waals surface area (Å²) in [7, 11) is 0. The Morgan fingerprint density at radius 3 is 2.44 bits per heavy atom. The van der Waals surface area contributed by atoms with Crippen LogP contribution in [-0.4, -0.2) is 29.4 Å². The maximum Gasteiger partial charge on any atom is 0.123 e. The van der Waals surface area contributed by atoms with Gasteiger partial charge in [0.1, 0.15) is 5.82 Å². The summed E-state index contributed by atoms with van der Waals surface area (Å²) in [6.07, 6.45) is -0.0690. The normalized spacial score (nSPS) is 12.8. The summed E-state index contributed by atoms with van der Waals surface area (Å²) in [5.41, 5.74) is 1.41. The predicted molar refractivity (Wildman–Crippen MR) is 71.2 cm³/mol. The molecule has 1 rings (SSSR count). The van der Waals surface area contributed by atoms with E-state index in [0.29, 0.717) is 18.5 Å². The molecule has 0 saturated heterocycles. The highest BCUT2D eigenvalue weighted by Gasteiger charge is 2.17. The van der Waals surface area contributed by atoms with Crippen molar-refractivity contribution in [2.75, 3.05) is 18.1 Å². The Balaban J connectivity index is 3.10. The average molecular weight is 255 g/mol. The monoisotopic (exact) mass is 255 g/mol. The van der Waals surface area contributed by atoms with Gasteiger partial charge in [0, 0.05) is 30.4 Å². The second-order valence-corrected chi connectivity index (χ2v) is 4.74. The van der Waals surface area contributed by atoms with Crippen molar-refractivity contribution in [3.8, 4) is 0 Å². The van der Waals surface area contributed by atoms with Gasteiger partial charge in [0.05, 0.1) is 6.10 Å². The lowest BCUT2D eigenvalue weighted by molar-refractivity contribution is 0.199. The number of aliphatic hydroxyl groups is 2. The molecule has 0 radical (unpaired) electrons. The van der Waals surface area contributed by atoms with Gasteiger partial charge in [0.25, 0.3) is 0 Å². The number of hydrogen-bond donors (Lipinski definition) is 2. The number of aliphatic hydroxyl groups excluding tert-OH is 2. The lowest BCUT2D eigenvalue weighted by Gasteiger charge is -2.31. The molecule has 0 amide bonds. The van der Waals surface area contributed by atoms with E-state index in [1.54, 1.807) is 13.0 Å². The van der Waals surface area contributed by atoms with E-state index < -0.39 is 6.10 Å². The molecule has 0 aliphatic carbocycles. The molecule has 0 saturated carbocycles. The van der Waals surface area contributed by atoms with E-state index in [9.17, 15) is 9.50 Å². The molecule has 0 heterocycles. The third-order valence-electron chi connectivity index (χ3n) is 2.93. The van der Waals surface area contributed by atoms with Gasteiger partial charge < -0.3 is 15.1 Å². The Morgan fingerprint density at radius 1 is 1.28 bits per heavy atom. The highest BCUT2D eigenvalue weighted by atomic mass is 19.1. The van der Waals surface area contributed by atoms with E-state index in [4.69, 9.17) is 5.11 Å². The number of rotatable bonds is 6. The fraction of sp³-hybridized carbons (Fsp3) is 0.571. The Hall–Kier alpha value is -1.13. The lowest BCUT2D eigenvalue weighted by Crippen LogP contribution is -2.33. The fourth-order valence-electron chi connectivity index (χ4n) is 2.02. The molecular weight excluding hydrogens is 233 g/mol. The second kappa shape index (κ2) is 6.71. The average Bonchev–Trinajstić information content (AvgIpc) is 2.30. The quantitative estimate of drug-likeness (QED) is 0.820.